The lowest BCUT2D eigenvalue weighted by molar-refractivity contribution is 0.700. The minimum absolute atomic E-state index is 1.17. The molecule has 1 aliphatic carbocycles. The lowest BCUT2D eigenvalue weighted by Gasteiger charge is -2.09. The Kier molecular flexibility index (Phi) is 3.31. The van der Waals surface area contributed by atoms with Crippen molar-refractivity contribution in [1.29, 1.82) is 0 Å². The molecule has 2 heterocycles. The van der Waals surface area contributed by atoms with Crippen LogP contribution in [-0.4, -0.2) is 9.97 Å². The molecule has 0 amide bonds. The minimum atomic E-state index is 1.17. The first-order valence-electron chi connectivity index (χ1n) is 5.65. The summed E-state index contributed by atoms with van der Waals surface area (Å²) in [6.45, 7) is 4.00. The van der Waals surface area contributed by atoms with Crippen LogP contribution in [0.1, 0.15) is 37.1 Å². The van der Waals surface area contributed by atoms with Gasteiger partial charge in [-0.05, 0) is 31.2 Å². The molecule has 0 saturated carbocycles. The predicted octanol–water partition coefficient (Wildman–Crippen LogP) is 3.60. The normalized spacial score (nSPS) is 14.3. The molecular weight excluding hydrogens is 204 g/mol. The Morgan fingerprint density at radius 3 is 2.87 bits per heavy atom. The molecule has 15 heavy (non-hydrogen) atoms. The lowest BCUT2D eigenvalue weighted by Crippen LogP contribution is -1.97. The Morgan fingerprint density at radius 1 is 1.20 bits per heavy atom. The molecule has 1 aliphatic rings. The molecule has 0 aromatic carbocycles. The van der Waals surface area contributed by atoms with E-state index in [4.69, 9.17) is 0 Å². The van der Waals surface area contributed by atoms with Crippen molar-refractivity contribution in [1.82, 2.24) is 9.97 Å². The Morgan fingerprint density at radius 2 is 2.00 bits per heavy atom. The summed E-state index contributed by atoms with van der Waals surface area (Å²) in [5, 5.41) is 1.29. The number of fused-ring (bicyclic) bond motifs is 3. The molecule has 2 nitrogen and oxygen atoms in total. The first-order chi connectivity index (χ1) is 7.45. The second-order valence-electron chi connectivity index (χ2n) is 3.45. The summed E-state index contributed by atoms with van der Waals surface area (Å²) in [6.07, 6.45) is 8.74. The molecule has 0 fully saturated rings. The van der Waals surface area contributed by atoms with E-state index in [1.807, 2.05) is 31.4 Å². The summed E-state index contributed by atoms with van der Waals surface area (Å²) in [7, 11) is 0. The third kappa shape index (κ3) is 1.88. The Bertz CT molecular complexity index is 448. The highest BCUT2D eigenvalue weighted by molar-refractivity contribution is 7.18. The van der Waals surface area contributed by atoms with Crippen LogP contribution in [-0.2, 0) is 12.8 Å². The molecule has 0 radical (unpaired) electrons. The summed E-state index contributed by atoms with van der Waals surface area (Å²) in [4.78, 5) is 11.1. The molecule has 0 bridgehead atoms. The van der Waals surface area contributed by atoms with Gasteiger partial charge in [-0.25, -0.2) is 9.97 Å². The number of hydrogen-bond donors (Lipinski definition) is 0. The van der Waals surface area contributed by atoms with Crippen LogP contribution < -0.4 is 0 Å². The zero-order chi connectivity index (χ0) is 10.7. The van der Waals surface area contributed by atoms with Crippen molar-refractivity contribution in [2.24, 2.45) is 0 Å². The van der Waals surface area contributed by atoms with Crippen molar-refractivity contribution >= 4 is 21.6 Å². The number of aromatic nitrogens is 2. The van der Waals surface area contributed by atoms with Gasteiger partial charge in [0.1, 0.15) is 11.2 Å². The first-order valence-corrected chi connectivity index (χ1v) is 6.47. The lowest BCUT2D eigenvalue weighted by atomic mass is 9.97. The Labute approximate surface area is 94.4 Å². The van der Waals surface area contributed by atoms with Gasteiger partial charge in [0.2, 0.25) is 0 Å². The highest BCUT2D eigenvalue weighted by atomic mass is 32.1. The average molecular weight is 220 g/mol. The van der Waals surface area contributed by atoms with E-state index in [-0.39, 0.29) is 0 Å². The molecule has 0 unspecified atom stereocenters. The molecule has 0 aliphatic heterocycles. The molecule has 0 N–H and O–H groups in total. The van der Waals surface area contributed by atoms with Crippen LogP contribution in [0.4, 0.5) is 0 Å². The second kappa shape index (κ2) is 4.71. The highest BCUT2D eigenvalue weighted by Crippen LogP contribution is 2.34. The van der Waals surface area contributed by atoms with Gasteiger partial charge in [-0.2, -0.15) is 0 Å². The maximum absolute atomic E-state index is 4.29. The van der Waals surface area contributed by atoms with Crippen molar-refractivity contribution in [3.8, 4) is 0 Å². The van der Waals surface area contributed by atoms with Crippen molar-refractivity contribution in [2.75, 3.05) is 0 Å². The fourth-order valence-electron chi connectivity index (χ4n) is 2.00. The van der Waals surface area contributed by atoms with Crippen LogP contribution in [0.25, 0.3) is 10.2 Å². The number of thiophene rings is 1. The van der Waals surface area contributed by atoms with Crippen molar-refractivity contribution in [3.05, 3.63) is 23.0 Å². The van der Waals surface area contributed by atoms with E-state index in [1.54, 1.807) is 11.2 Å². The van der Waals surface area contributed by atoms with Gasteiger partial charge in [0.05, 0.1) is 0 Å². The van der Waals surface area contributed by atoms with Gasteiger partial charge < -0.3 is 0 Å². The number of rotatable bonds is 0. The molecule has 2 aromatic rings. The van der Waals surface area contributed by atoms with Crippen molar-refractivity contribution in [2.45, 2.75) is 39.5 Å². The van der Waals surface area contributed by atoms with E-state index in [1.165, 1.54) is 41.5 Å². The van der Waals surface area contributed by atoms with Gasteiger partial charge in [0, 0.05) is 16.5 Å². The third-order valence-electron chi connectivity index (χ3n) is 2.64. The van der Waals surface area contributed by atoms with Crippen LogP contribution in [0.2, 0.25) is 0 Å². The van der Waals surface area contributed by atoms with Gasteiger partial charge in [-0.3, -0.25) is 0 Å². The zero-order valence-corrected chi connectivity index (χ0v) is 10.1. The summed E-state index contributed by atoms with van der Waals surface area (Å²) < 4.78 is 0. The van der Waals surface area contributed by atoms with Gasteiger partial charge in [0.15, 0.2) is 0 Å². The fraction of sp³-hybridized carbons (Fsp3) is 0.500. The van der Waals surface area contributed by atoms with Gasteiger partial charge in [-0.15, -0.1) is 11.3 Å². The van der Waals surface area contributed by atoms with Gasteiger partial charge in [-0.1, -0.05) is 13.8 Å². The van der Waals surface area contributed by atoms with Crippen molar-refractivity contribution < 1.29 is 0 Å². The van der Waals surface area contributed by atoms with Crippen LogP contribution >= 0.6 is 11.3 Å². The molecular formula is C12H16N2S. The van der Waals surface area contributed by atoms with E-state index in [2.05, 4.69) is 9.97 Å². The molecule has 3 rings (SSSR count). The maximum atomic E-state index is 4.29. The molecule has 2 aromatic heterocycles. The van der Waals surface area contributed by atoms with Gasteiger partial charge >= 0.3 is 0 Å². The molecule has 80 valence electrons. The van der Waals surface area contributed by atoms with Crippen LogP contribution in [0, 0.1) is 0 Å². The molecule has 0 saturated heterocycles. The van der Waals surface area contributed by atoms with Gasteiger partial charge in [0.25, 0.3) is 0 Å². The van der Waals surface area contributed by atoms with E-state index in [0.29, 0.717) is 0 Å². The average Bonchev–Trinajstić information content (AvgIpc) is 2.70. The van der Waals surface area contributed by atoms with Crippen molar-refractivity contribution in [3.63, 3.8) is 0 Å². The minimum Gasteiger partial charge on any atom is -0.244 e. The number of aryl methyl sites for hydroxylation is 2. The predicted molar refractivity (Wildman–Crippen MR) is 65.4 cm³/mol. The van der Waals surface area contributed by atoms with Crippen LogP contribution in [0.5, 0.6) is 0 Å². The SMILES string of the molecule is CC.c1ncc2c3c(sc2n1)CCCC3. The van der Waals surface area contributed by atoms with Crippen LogP contribution in [0.15, 0.2) is 12.5 Å². The summed E-state index contributed by atoms with van der Waals surface area (Å²) in [5.41, 5.74) is 1.52. The summed E-state index contributed by atoms with van der Waals surface area (Å²) >= 11 is 1.85. The standard InChI is InChI=1S/C10H10N2S.C2H6/c1-2-4-9-7(3-1)8-5-11-6-12-10(8)13-9;1-2/h5-6H,1-4H2;1-2H3. The second-order valence-corrected chi connectivity index (χ2v) is 4.54. The quantitative estimate of drug-likeness (QED) is 0.678. The highest BCUT2D eigenvalue weighted by Gasteiger charge is 2.15. The van der Waals surface area contributed by atoms with E-state index < -0.39 is 0 Å². The number of nitrogens with zero attached hydrogens (tertiary/aromatic N) is 2. The van der Waals surface area contributed by atoms with E-state index in [0.717, 1.165) is 0 Å². The molecule has 3 heteroatoms. The Hall–Kier alpha value is -0.960. The van der Waals surface area contributed by atoms with E-state index in [9.17, 15) is 0 Å². The maximum Gasteiger partial charge on any atom is 0.127 e. The third-order valence-corrected chi connectivity index (χ3v) is 3.85. The molecule has 0 atom stereocenters. The Balaban J connectivity index is 0.000000404. The van der Waals surface area contributed by atoms with Crippen LogP contribution in [0.3, 0.4) is 0 Å². The smallest absolute Gasteiger partial charge is 0.127 e. The van der Waals surface area contributed by atoms with E-state index >= 15 is 0 Å². The topological polar surface area (TPSA) is 25.8 Å². The zero-order valence-electron chi connectivity index (χ0n) is 9.29. The first kappa shape index (κ1) is 10.6. The summed E-state index contributed by atoms with van der Waals surface area (Å²) in [5.74, 6) is 0. The monoisotopic (exact) mass is 220 g/mol. The fourth-order valence-corrected chi connectivity index (χ4v) is 3.20. The largest absolute Gasteiger partial charge is 0.244 e. The molecule has 0 spiro atoms. The number of hydrogen-bond acceptors (Lipinski definition) is 3. The summed E-state index contributed by atoms with van der Waals surface area (Å²) in [6, 6.07) is 0.